The fraction of sp³-hybridized carbons (Fsp3) is 0.0625. The van der Waals surface area contributed by atoms with Crippen LogP contribution in [0, 0.1) is 12.7 Å². The summed E-state index contributed by atoms with van der Waals surface area (Å²) in [5, 5.41) is 4.24. The van der Waals surface area contributed by atoms with E-state index < -0.39 is 17.6 Å². The highest BCUT2D eigenvalue weighted by Crippen LogP contribution is 2.23. The van der Waals surface area contributed by atoms with Crippen molar-refractivity contribution in [1.29, 1.82) is 0 Å². The van der Waals surface area contributed by atoms with E-state index in [-0.39, 0.29) is 16.4 Å². The van der Waals surface area contributed by atoms with Gasteiger partial charge in [-0.25, -0.2) is 9.07 Å². The summed E-state index contributed by atoms with van der Waals surface area (Å²) < 4.78 is 15.1. The predicted molar refractivity (Wildman–Crippen MR) is 96.7 cm³/mol. The van der Waals surface area contributed by atoms with E-state index in [1.54, 1.807) is 19.2 Å². The SMILES string of the molecule is Cc1nn(-c2ccc(F)cc2)c(Cl)c1C(=O)NNC(=O)c1cc(Br)c[nH]1. The maximum Gasteiger partial charge on any atom is 0.286 e. The normalized spacial score (nSPS) is 10.6. The van der Waals surface area contributed by atoms with E-state index in [1.165, 1.54) is 28.9 Å². The summed E-state index contributed by atoms with van der Waals surface area (Å²) in [5.41, 5.74) is 5.80. The first kappa shape index (κ1) is 18.2. The third-order valence-electron chi connectivity index (χ3n) is 3.48. The number of hydrazine groups is 1. The molecule has 7 nitrogen and oxygen atoms in total. The molecule has 3 N–H and O–H groups in total. The number of nitrogens with zero attached hydrogens (tertiary/aromatic N) is 2. The van der Waals surface area contributed by atoms with Gasteiger partial charge in [0, 0.05) is 10.7 Å². The van der Waals surface area contributed by atoms with Gasteiger partial charge in [-0.15, -0.1) is 0 Å². The number of hydrogen-bond acceptors (Lipinski definition) is 3. The van der Waals surface area contributed by atoms with Crippen LogP contribution in [-0.4, -0.2) is 26.6 Å². The molecular weight excluding hydrogens is 429 g/mol. The van der Waals surface area contributed by atoms with Crippen LogP contribution in [0.15, 0.2) is 41.0 Å². The van der Waals surface area contributed by atoms with E-state index in [1.807, 2.05) is 0 Å². The van der Waals surface area contributed by atoms with Gasteiger partial charge in [0.05, 0.1) is 11.4 Å². The molecule has 0 unspecified atom stereocenters. The van der Waals surface area contributed by atoms with Gasteiger partial charge in [0.25, 0.3) is 11.8 Å². The number of rotatable bonds is 3. The molecule has 0 atom stereocenters. The quantitative estimate of drug-likeness (QED) is 0.546. The van der Waals surface area contributed by atoms with E-state index in [0.717, 1.165) is 0 Å². The molecule has 2 amide bonds. The lowest BCUT2D eigenvalue weighted by Crippen LogP contribution is -2.42. The lowest BCUT2D eigenvalue weighted by molar-refractivity contribution is 0.0844. The summed E-state index contributed by atoms with van der Waals surface area (Å²) in [6, 6.07) is 7.06. The Morgan fingerprint density at radius 1 is 1.23 bits per heavy atom. The minimum atomic E-state index is -0.625. The molecule has 0 saturated heterocycles. The number of nitrogens with one attached hydrogen (secondary N) is 3. The number of aromatic nitrogens is 3. The highest BCUT2D eigenvalue weighted by molar-refractivity contribution is 9.10. The van der Waals surface area contributed by atoms with Gasteiger partial charge in [0.2, 0.25) is 0 Å². The summed E-state index contributed by atoms with van der Waals surface area (Å²) in [6.07, 6.45) is 1.59. The molecule has 0 spiro atoms. The van der Waals surface area contributed by atoms with E-state index in [9.17, 15) is 14.0 Å². The summed E-state index contributed by atoms with van der Waals surface area (Å²) in [5.74, 6) is -1.55. The summed E-state index contributed by atoms with van der Waals surface area (Å²) in [7, 11) is 0. The van der Waals surface area contributed by atoms with Crippen molar-refractivity contribution in [2.45, 2.75) is 6.92 Å². The van der Waals surface area contributed by atoms with E-state index in [4.69, 9.17) is 11.6 Å². The number of H-pyrrole nitrogens is 1. The molecule has 134 valence electrons. The Bertz CT molecular complexity index is 983. The number of carbonyl (C=O) groups excluding carboxylic acids is 2. The predicted octanol–water partition coefficient (Wildman–Crippen LogP) is 3.14. The van der Waals surface area contributed by atoms with Crippen molar-refractivity contribution < 1.29 is 14.0 Å². The molecule has 0 bridgehead atoms. The Labute approximate surface area is 160 Å². The standard InChI is InChI=1S/C16H12BrClFN5O2/c1-8-13(14(18)24(23-8)11-4-2-10(19)3-5-11)16(26)22-21-15(25)12-6-9(17)7-20-12/h2-7,20H,1H3,(H,21,25)(H,22,26). The molecule has 0 saturated carbocycles. The molecule has 26 heavy (non-hydrogen) atoms. The van der Waals surface area contributed by atoms with E-state index >= 15 is 0 Å². The second-order valence-electron chi connectivity index (χ2n) is 5.28. The number of hydrogen-bond donors (Lipinski definition) is 3. The van der Waals surface area contributed by atoms with E-state index in [2.05, 4.69) is 36.9 Å². The van der Waals surface area contributed by atoms with Gasteiger partial charge in [0.1, 0.15) is 22.2 Å². The molecule has 2 aromatic heterocycles. The summed E-state index contributed by atoms with van der Waals surface area (Å²) >= 11 is 9.47. The Balaban J connectivity index is 1.77. The van der Waals surface area contributed by atoms with Crippen LogP contribution < -0.4 is 10.9 Å². The lowest BCUT2D eigenvalue weighted by Gasteiger charge is -2.06. The molecule has 0 fully saturated rings. The number of aryl methyl sites for hydroxylation is 1. The Morgan fingerprint density at radius 2 is 1.88 bits per heavy atom. The van der Waals surface area contributed by atoms with Gasteiger partial charge in [-0.1, -0.05) is 11.6 Å². The number of aromatic amines is 1. The van der Waals surface area contributed by atoms with Crippen LogP contribution in [0.25, 0.3) is 5.69 Å². The third kappa shape index (κ3) is 3.63. The molecule has 0 aliphatic carbocycles. The van der Waals surface area contributed by atoms with Crippen LogP contribution in [-0.2, 0) is 0 Å². The van der Waals surface area contributed by atoms with Crippen molar-refractivity contribution in [3.8, 4) is 5.69 Å². The molecule has 0 aliphatic heterocycles. The maximum absolute atomic E-state index is 13.1. The van der Waals surface area contributed by atoms with Crippen molar-refractivity contribution in [3.05, 3.63) is 68.9 Å². The molecule has 0 aliphatic rings. The first-order chi connectivity index (χ1) is 12.4. The van der Waals surface area contributed by atoms with Crippen LogP contribution >= 0.6 is 27.5 Å². The molecule has 10 heteroatoms. The van der Waals surface area contributed by atoms with Crippen LogP contribution in [0.1, 0.15) is 26.5 Å². The number of amides is 2. The lowest BCUT2D eigenvalue weighted by atomic mass is 10.2. The minimum Gasteiger partial charge on any atom is -0.356 e. The molecule has 1 aromatic carbocycles. The first-order valence-corrected chi connectivity index (χ1v) is 8.49. The summed E-state index contributed by atoms with van der Waals surface area (Å²) in [4.78, 5) is 27.1. The van der Waals surface area contributed by atoms with Crippen LogP contribution in [0.3, 0.4) is 0 Å². The maximum atomic E-state index is 13.1. The monoisotopic (exact) mass is 439 g/mol. The van der Waals surface area contributed by atoms with Gasteiger partial charge in [0.15, 0.2) is 0 Å². The van der Waals surface area contributed by atoms with Crippen molar-refractivity contribution in [3.63, 3.8) is 0 Å². The molecular formula is C16H12BrClFN5O2. The Hall–Kier alpha value is -2.65. The van der Waals surface area contributed by atoms with Crippen molar-refractivity contribution in [2.24, 2.45) is 0 Å². The van der Waals surface area contributed by atoms with Gasteiger partial charge in [-0.3, -0.25) is 20.4 Å². The minimum absolute atomic E-state index is 0.0449. The van der Waals surface area contributed by atoms with Crippen LogP contribution in [0.5, 0.6) is 0 Å². The topological polar surface area (TPSA) is 91.8 Å². The molecule has 3 aromatic rings. The van der Waals surface area contributed by atoms with Gasteiger partial charge in [-0.2, -0.15) is 5.10 Å². The van der Waals surface area contributed by atoms with Gasteiger partial charge < -0.3 is 4.98 Å². The summed E-state index contributed by atoms with van der Waals surface area (Å²) in [6.45, 7) is 1.60. The average Bonchev–Trinajstić information content (AvgIpc) is 3.16. The van der Waals surface area contributed by atoms with E-state index in [0.29, 0.717) is 15.9 Å². The van der Waals surface area contributed by atoms with Crippen molar-refractivity contribution >= 4 is 39.3 Å². The number of carbonyl (C=O) groups is 2. The zero-order valence-electron chi connectivity index (χ0n) is 13.3. The smallest absolute Gasteiger partial charge is 0.286 e. The average molecular weight is 441 g/mol. The molecule has 2 heterocycles. The zero-order chi connectivity index (χ0) is 18.8. The van der Waals surface area contributed by atoms with Crippen LogP contribution in [0.4, 0.5) is 4.39 Å². The second kappa shape index (κ2) is 7.30. The molecule has 0 radical (unpaired) electrons. The zero-order valence-corrected chi connectivity index (χ0v) is 15.7. The highest BCUT2D eigenvalue weighted by atomic mass is 79.9. The number of halogens is 3. The Morgan fingerprint density at radius 3 is 2.50 bits per heavy atom. The van der Waals surface area contributed by atoms with Gasteiger partial charge >= 0.3 is 0 Å². The van der Waals surface area contributed by atoms with Crippen molar-refractivity contribution in [2.75, 3.05) is 0 Å². The fourth-order valence-corrected chi connectivity index (χ4v) is 2.95. The third-order valence-corrected chi connectivity index (χ3v) is 4.29. The largest absolute Gasteiger partial charge is 0.356 e. The van der Waals surface area contributed by atoms with Crippen LogP contribution in [0.2, 0.25) is 5.15 Å². The number of benzene rings is 1. The second-order valence-corrected chi connectivity index (χ2v) is 6.55. The highest BCUT2D eigenvalue weighted by Gasteiger charge is 2.22. The van der Waals surface area contributed by atoms with Gasteiger partial charge in [-0.05, 0) is 53.2 Å². The Kier molecular flexibility index (Phi) is 5.10. The first-order valence-electron chi connectivity index (χ1n) is 7.32. The molecule has 3 rings (SSSR count). The fourth-order valence-electron chi connectivity index (χ4n) is 2.25. The van der Waals surface area contributed by atoms with Crippen molar-refractivity contribution in [1.82, 2.24) is 25.6 Å².